The number of ether oxygens (including phenoxy) is 1. The average Bonchev–Trinajstić information content (AvgIpc) is 2.77. The summed E-state index contributed by atoms with van der Waals surface area (Å²) in [5.74, 6) is -0.885. The van der Waals surface area contributed by atoms with Gasteiger partial charge in [-0.15, -0.1) is 0 Å². The van der Waals surface area contributed by atoms with E-state index in [-0.39, 0.29) is 11.8 Å². The van der Waals surface area contributed by atoms with E-state index >= 15 is 0 Å². The molecule has 2 aliphatic rings. The van der Waals surface area contributed by atoms with Gasteiger partial charge in [-0.25, -0.2) is 4.79 Å². The summed E-state index contributed by atoms with van der Waals surface area (Å²) in [5.41, 5.74) is 0.279. The van der Waals surface area contributed by atoms with Gasteiger partial charge in [-0.05, 0) is 49.9 Å². The summed E-state index contributed by atoms with van der Waals surface area (Å²) >= 11 is 0. The van der Waals surface area contributed by atoms with Gasteiger partial charge in [0.1, 0.15) is 5.54 Å². The Hall–Kier alpha value is -2.88. The lowest BCUT2D eigenvalue weighted by molar-refractivity contribution is -0.138. The fourth-order valence-electron chi connectivity index (χ4n) is 4.06. The highest BCUT2D eigenvalue weighted by Gasteiger charge is 2.39. The van der Waals surface area contributed by atoms with Gasteiger partial charge in [0.15, 0.2) is 6.61 Å². The van der Waals surface area contributed by atoms with Crippen molar-refractivity contribution in [3.05, 3.63) is 29.8 Å². The van der Waals surface area contributed by atoms with Gasteiger partial charge in [0.05, 0.1) is 11.6 Å². The largest absolute Gasteiger partial charge is 0.452 e. The molecule has 0 atom stereocenters. The Bertz CT molecular complexity index is 806. The minimum atomic E-state index is -0.801. The Balaban J connectivity index is 1.57. The molecular weight excluding hydrogens is 370 g/mol. The second-order valence-electron chi connectivity index (χ2n) is 7.78. The fourth-order valence-corrected chi connectivity index (χ4v) is 4.06. The van der Waals surface area contributed by atoms with Crippen LogP contribution >= 0.6 is 0 Å². The minimum Gasteiger partial charge on any atom is -0.452 e. The molecule has 0 bridgehead atoms. The molecule has 0 spiro atoms. The molecule has 0 aromatic heterocycles. The maximum absolute atomic E-state index is 12.5. The van der Waals surface area contributed by atoms with Gasteiger partial charge in [0, 0.05) is 25.7 Å². The smallest absolute Gasteiger partial charge is 0.338 e. The SMILES string of the molecule is CN(C(=O)COC(=O)c1ccc(N2CCCCC2=O)cc1)C1(C#N)CCCCC1. The normalized spacial score (nSPS) is 18.6. The molecule has 29 heavy (non-hydrogen) atoms. The molecular formula is C22H27N3O4. The van der Waals surface area contributed by atoms with Crippen LogP contribution in [0.3, 0.4) is 0 Å². The number of nitrogens with zero attached hydrogens (tertiary/aromatic N) is 3. The van der Waals surface area contributed by atoms with E-state index in [4.69, 9.17) is 4.74 Å². The Morgan fingerprint density at radius 2 is 1.83 bits per heavy atom. The van der Waals surface area contributed by atoms with Crippen molar-refractivity contribution in [2.45, 2.75) is 56.9 Å². The molecule has 0 radical (unpaired) electrons. The van der Waals surface area contributed by atoms with E-state index in [0.29, 0.717) is 31.4 Å². The van der Waals surface area contributed by atoms with E-state index in [2.05, 4.69) is 6.07 Å². The molecule has 154 valence electrons. The molecule has 2 amide bonds. The first-order chi connectivity index (χ1) is 14.0. The van der Waals surface area contributed by atoms with Crippen molar-refractivity contribution in [1.82, 2.24) is 4.90 Å². The molecule has 0 unspecified atom stereocenters. The second kappa shape index (κ2) is 9.08. The number of carbonyl (C=O) groups excluding carboxylic acids is 3. The van der Waals surface area contributed by atoms with Gasteiger partial charge in [-0.1, -0.05) is 19.3 Å². The summed E-state index contributed by atoms with van der Waals surface area (Å²) in [4.78, 5) is 40.0. The number of rotatable bonds is 5. The molecule has 1 aromatic rings. The van der Waals surface area contributed by atoms with Crippen LogP contribution in [0.5, 0.6) is 0 Å². The van der Waals surface area contributed by atoms with Crippen LogP contribution in [0.15, 0.2) is 24.3 Å². The molecule has 2 fully saturated rings. The van der Waals surface area contributed by atoms with Crippen molar-refractivity contribution in [2.24, 2.45) is 0 Å². The van der Waals surface area contributed by atoms with Gasteiger partial charge in [-0.3, -0.25) is 9.59 Å². The zero-order valence-electron chi connectivity index (χ0n) is 16.9. The van der Waals surface area contributed by atoms with Crippen LogP contribution in [-0.4, -0.2) is 48.4 Å². The van der Waals surface area contributed by atoms with Gasteiger partial charge in [-0.2, -0.15) is 5.26 Å². The molecule has 1 saturated carbocycles. The standard InChI is InChI=1S/C22H27N3O4/c1-24(22(16-23)12-4-2-5-13-22)20(27)15-29-21(28)17-8-10-18(11-9-17)25-14-6-3-7-19(25)26/h8-11H,2-7,12-15H2,1H3. The number of anilines is 1. The predicted molar refractivity (Wildman–Crippen MR) is 107 cm³/mol. The van der Waals surface area contributed by atoms with Crippen molar-refractivity contribution in [3.63, 3.8) is 0 Å². The number of hydrogen-bond acceptors (Lipinski definition) is 5. The molecule has 1 saturated heterocycles. The van der Waals surface area contributed by atoms with Crippen molar-refractivity contribution in [1.29, 1.82) is 5.26 Å². The van der Waals surface area contributed by atoms with Gasteiger partial charge in [0.25, 0.3) is 5.91 Å². The molecule has 3 rings (SSSR count). The summed E-state index contributed by atoms with van der Waals surface area (Å²) < 4.78 is 5.18. The third-order valence-electron chi connectivity index (χ3n) is 5.97. The maximum Gasteiger partial charge on any atom is 0.338 e. The maximum atomic E-state index is 12.5. The zero-order valence-corrected chi connectivity index (χ0v) is 16.9. The number of nitriles is 1. The van der Waals surface area contributed by atoms with Crippen LogP contribution in [0.2, 0.25) is 0 Å². The van der Waals surface area contributed by atoms with E-state index < -0.39 is 18.1 Å². The quantitative estimate of drug-likeness (QED) is 0.712. The lowest BCUT2D eigenvalue weighted by Crippen LogP contribution is -2.51. The average molecular weight is 397 g/mol. The molecule has 1 aliphatic carbocycles. The number of carbonyl (C=O) groups is 3. The molecule has 1 heterocycles. The monoisotopic (exact) mass is 397 g/mol. The highest BCUT2D eigenvalue weighted by Crippen LogP contribution is 2.32. The van der Waals surface area contributed by atoms with Crippen molar-refractivity contribution in [3.8, 4) is 6.07 Å². The summed E-state index contributed by atoms with van der Waals surface area (Å²) in [5, 5.41) is 9.59. The fraction of sp³-hybridized carbons (Fsp3) is 0.545. The van der Waals surface area contributed by atoms with E-state index in [9.17, 15) is 19.6 Å². The van der Waals surface area contributed by atoms with Gasteiger partial charge in [0.2, 0.25) is 5.91 Å². The highest BCUT2D eigenvalue weighted by molar-refractivity contribution is 5.95. The molecule has 7 nitrogen and oxygen atoms in total. The lowest BCUT2D eigenvalue weighted by Gasteiger charge is -2.38. The number of hydrogen-bond donors (Lipinski definition) is 0. The Labute approximate surface area is 171 Å². The van der Waals surface area contributed by atoms with Crippen LogP contribution in [0, 0.1) is 11.3 Å². The van der Waals surface area contributed by atoms with Crippen LogP contribution in [0.1, 0.15) is 61.7 Å². The number of likely N-dealkylation sites (N-methyl/N-ethyl adjacent to an activating group) is 1. The number of piperidine rings is 1. The summed E-state index contributed by atoms with van der Waals surface area (Å²) in [6, 6.07) is 8.94. The van der Waals surface area contributed by atoms with Crippen LogP contribution in [0.25, 0.3) is 0 Å². The van der Waals surface area contributed by atoms with Crippen molar-refractivity contribution < 1.29 is 19.1 Å². The number of esters is 1. The van der Waals surface area contributed by atoms with Crippen LogP contribution in [-0.2, 0) is 14.3 Å². The predicted octanol–water partition coefficient (Wildman–Crippen LogP) is 3.05. The molecule has 1 aliphatic heterocycles. The number of benzene rings is 1. The third-order valence-corrected chi connectivity index (χ3v) is 5.97. The van der Waals surface area contributed by atoms with E-state index in [1.807, 2.05) is 0 Å². The molecule has 1 aromatic carbocycles. The van der Waals surface area contributed by atoms with Crippen LogP contribution < -0.4 is 4.90 Å². The third kappa shape index (κ3) is 4.58. The van der Waals surface area contributed by atoms with Gasteiger partial charge >= 0.3 is 5.97 Å². The first-order valence-corrected chi connectivity index (χ1v) is 10.2. The first kappa shape index (κ1) is 20.8. The minimum absolute atomic E-state index is 0.0920. The van der Waals surface area contributed by atoms with Gasteiger partial charge < -0.3 is 14.5 Å². The Morgan fingerprint density at radius 1 is 1.14 bits per heavy atom. The van der Waals surface area contributed by atoms with E-state index in [1.54, 1.807) is 36.2 Å². The summed E-state index contributed by atoms with van der Waals surface area (Å²) in [6.07, 6.45) is 6.62. The van der Waals surface area contributed by atoms with E-state index in [1.165, 1.54) is 4.90 Å². The second-order valence-corrected chi connectivity index (χ2v) is 7.78. The zero-order chi connectivity index (χ0) is 20.9. The van der Waals surface area contributed by atoms with E-state index in [0.717, 1.165) is 37.8 Å². The molecule has 7 heteroatoms. The van der Waals surface area contributed by atoms with Crippen molar-refractivity contribution in [2.75, 3.05) is 25.1 Å². The Morgan fingerprint density at radius 3 is 2.45 bits per heavy atom. The van der Waals surface area contributed by atoms with Crippen LogP contribution in [0.4, 0.5) is 5.69 Å². The first-order valence-electron chi connectivity index (χ1n) is 10.2. The lowest BCUT2D eigenvalue weighted by atomic mass is 9.81. The Kier molecular flexibility index (Phi) is 6.53. The highest BCUT2D eigenvalue weighted by atomic mass is 16.5. The van der Waals surface area contributed by atoms with Crippen molar-refractivity contribution >= 4 is 23.5 Å². The topological polar surface area (TPSA) is 90.7 Å². The number of amides is 2. The summed E-state index contributed by atoms with van der Waals surface area (Å²) in [7, 11) is 1.61. The summed E-state index contributed by atoms with van der Waals surface area (Å²) in [6.45, 7) is 0.287. The molecule has 0 N–H and O–H groups in total.